The number of anilines is 1. The molecule has 6 heteroatoms. The van der Waals surface area contributed by atoms with Crippen molar-refractivity contribution in [3.8, 4) is 0 Å². The Hall–Kier alpha value is -2.63. The van der Waals surface area contributed by atoms with Crippen molar-refractivity contribution in [1.82, 2.24) is 5.16 Å². The molecule has 0 aliphatic heterocycles. The molecule has 1 amide bonds. The first-order chi connectivity index (χ1) is 10.0. The van der Waals surface area contributed by atoms with Gasteiger partial charge in [-0.25, -0.2) is 0 Å². The van der Waals surface area contributed by atoms with E-state index in [2.05, 4.69) is 10.5 Å². The average Bonchev–Trinajstić information content (AvgIpc) is 3.16. The molecule has 108 valence electrons. The monoisotopic (exact) mass is 286 g/mol. The lowest BCUT2D eigenvalue weighted by Crippen LogP contribution is -2.19. The largest absolute Gasteiger partial charge is 0.481 e. The van der Waals surface area contributed by atoms with E-state index in [0.717, 1.165) is 5.56 Å². The van der Waals surface area contributed by atoms with Crippen LogP contribution in [0.15, 0.2) is 34.9 Å². The van der Waals surface area contributed by atoms with Gasteiger partial charge in [-0.1, -0.05) is 17.3 Å². The van der Waals surface area contributed by atoms with E-state index in [4.69, 9.17) is 4.52 Å². The standard InChI is InChI=1S/C15H14N2O4/c1-9-8-12(21-17-9)13(18)16-11-4-2-10(3-5-11)15(6-7-15)14(19)20/h2-5,8H,6-7H2,1H3,(H,16,18)(H,19,20). The predicted octanol–water partition coefficient (Wildman–Crippen LogP) is 2.35. The van der Waals surface area contributed by atoms with Crippen molar-refractivity contribution in [2.75, 3.05) is 5.32 Å². The van der Waals surface area contributed by atoms with E-state index in [1.165, 1.54) is 0 Å². The number of carbonyl (C=O) groups excluding carboxylic acids is 1. The quantitative estimate of drug-likeness (QED) is 0.900. The number of rotatable bonds is 4. The van der Waals surface area contributed by atoms with E-state index >= 15 is 0 Å². The molecule has 1 aliphatic rings. The molecule has 1 fully saturated rings. The number of amides is 1. The van der Waals surface area contributed by atoms with Crippen molar-refractivity contribution in [3.63, 3.8) is 0 Å². The number of aliphatic carboxylic acids is 1. The van der Waals surface area contributed by atoms with Gasteiger partial charge in [-0.15, -0.1) is 0 Å². The summed E-state index contributed by atoms with van der Waals surface area (Å²) in [6.45, 7) is 1.73. The number of benzene rings is 1. The number of nitrogens with zero attached hydrogens (tertiary/aromatic N) is 1. The topological polar surface area (TPSA) is 92.4 Å². The molecule has 1 aromatic heterocycles. The van der Waals surface area contributed by atoms with Gasteiger partial charge < -0.3 is 14.9 Å². The number of aryl methyl sites for hydroxylation is 1. The van der Waals surface area contributed by atoms with Gasteiger partial charge in [0.2, 0.25) is 5.76 Å². The summed E-state index contributed by atoms with van der Waals surface area (Å²) >= 11 is 0. The molecular formula is C15H14N2O4. The third-order valence-electron chi connectivity index (χ3n) is 3.71. The lowest BCUT2D eigenvalue weighted by Gasteiger charge is -2.11. The van der Waals surface area contributed by atoms with Crippen LogP contribution in [0.5, 0.6) is 0 Å². The van der Waals surface area contributed by atoms with Gasteiger partial charge in [-0.05, 0) is 37.5 Å². The predicted molar refractivity (Wildman–Crippen MR) is 74.2 cm³/mol. The van der Waals surface area contributed by atoms with Crippen LogP contribution in [0.3, 0.4) is 0 Å². The van der Waals surface area contributed by atoms with Crippen LogP contribution < -0.4 is 5.32 Å². The molecule has 0 radical (unpaired) electrons. The first-order valence-corrected chi connectivity index (χ1v) is 6.60. The summed E-state index contributed by atoms with van der Waals surface area (Å²) < 4.78 is 4.88. The Labute approximate surface area is 120 Å². The van der Waals surface area contributed by atoms with Crippen LogP contribution in [0.25, 0.3) is 0 Å². The van der Waals surface area contributed by atoms with Gasteiger partial charge in [-0.3, -0.25) is 9.59 Å². The summed E-state index contributed by atoms with van der Waals surface area (Å²) in [6.07, 6.45) is 1.32. The highest BCUT2D eigenvalue weighted by atomic mass is 16.5. The molecule has 21 heavy (non-hydrogen) atoms. The summed E-state index contributed by atoms with van der Waals surface area (Å²) in [4.78, 5) is 23.1. The van der Waals surface area contributed by atoms with Crippen LogP contribution in [0.1, 0.15) is 34.7 Å². The smallest absolute Gasteiger partial charge is 0.314 e. The molecule has 0 unspecified atom stereocenters. The number of aromatic nitrogens is 1. The minimum atomic E-state index is -0.795. The Kier molecular flexibility index (Phi) is 3.01. The van der Waals surface area contributed by atoms with Crippen molar-refractivity contribution in [3.05, 3.63) is 47.3 Å². The van der Waals surface area contributed by atoms with Gasteiger partial charge in [0, 0.05) is 11.8 Å². The second-order valence-electron chi connectivity index (χ2n) is 5.25. The van der Waals surface area contributed by atoms with Crippen LogP contribution >= 0.6 is 0 Å². The van der Waals surface area contributed by atoms with Crippen molar-refractivity contribution in [2.24, 2.45) is 0 Å². The fourth-order valence-electron chi connectivity index (χ4n) is 2.29. The highest BCUT2D eigenvalue weighted by Gasteiger charge is 2.51. The Morgan fingerprint density at radius 3 is 2.43 bits per heavy atom. The Morgan fingerprint density at radius 1 is 1.29 bits per heavy atom. The Morgan fingerprint density at radius 2 is 1.95 bits per heavy atom. The highest BCUT2D eigenvalue weighted by Crippen LogP contribution is 2.48. The molecule has 2 N–H and O–H groups in total. The third kappa shape index (κ3) is 2.40. The van der Waals surface area contributed by atoms with Gasteiger partial charge in [0.1, 0.15) is 0 Å². The molecule has 1 saturated carbocycles. The molecular weight excluding hydrogens is 272 g/mol. The summed E-state index contributed by atoms with van der Waals surface area (Å²) in [5.41, 5.74) is 1.25. The number of carbonyl (C=O) groups is 2. The number of carboxylic acids is 1. The minimum Gasteiger partial charge on any atom is -0.481 e. The molecule has 0 saturated heterocycles. The number of nitrogens with one attached hydrogen (secondary N) is 1. The fraction of sp³-hybridized carbons (Fsp3) is 0.267. The van der Waals surface area contributed by atoms with Crippen molar-refractivity contribution >= 4 is 17.6 Å². The van der Waals surface area contributed by atoms with Crippen molar-refractivity contribution < 1.29 is 19.2 Å². The van der Waals surface area contributed by atoms with Gasteiger partial charge in [0.05, 0.1) is 11.1 Å². The van der Waals surface area contributed by atoms with Crippen molar-refractivity contribution in [2.45, 2.75) is 25.2 Å². The summed E-state index contributed by atoms with van der Waals surface area (Å²) in [5.74, 6) is -1.04. The molecule has 0 spiro atoms. The summed E-state index contributed by atoms with van der Waals surface area (Å²) in [6, 6.07) is 8.41. The average molecular weight is 286 g/mol. The Bertz CT molecular complexity index is 699. The maximum Gasteiger partial charge on any atom is 0.314 e. The normalized spacial score (nSPS) is 15.5. The lowest BCUT2D eigenvalue weighted by atomic mass is 9.96. The van der Waals surface area contributed by atoms with E-state index in [9.17, 15) is 14.7 Å². The maximum absolute atomic E-state index is 11.9. The molecule has 1 aromatic carbocycles. The van der Waals surface area contributed by atoms with E-state index in [0.29, 0.717) is 24.2 Å². The zero-order valence-corrected chi connectivity index (χ0v) is 11.4. The van der Waals surface area contributed by atoms with Gasteiger partial charge in [0.25, 0.3) is 5.91 Å². The van der Waals surface area contributed by atoms with Crippen molar-refractivity contribution in [1.29, 1.82) is 0 Å². The molecule has 1 heterocycles. The molecule has 2 aromatic rings. The molecule has 0 atom stereocenters. The van der Waals surface area contributed by atoms with E-state index < -0.39 is 11.4 Å². The second-order valence-corrected chi connectivity index (χ2v) is 5.25. The minimum absolute atomic E-state index is 0.140. The molecule has 6 nitrogen and oxygen atoms in total. The highest BCUT2D eigenvalue weighted by molar-refractivity contribution is 6.02. The molecule has 1 aliphatic carbocycles. The number of carboxylic acid groups (broad SMARTS) is 1. The summed E-state index contributed by atoms with van der Waals surface area (Å²) in [5, 5.41) is 15.6. The number of hydrogen-bond acceptors (Lipinski definition) is 4. The van der Waals surface area contributed by atoms with Gasteiger partial charge >= 0.3 is 5.97 Å². The molecule has 3 rings (SSSR count). The fourth-order valence-corrected chi connectivity index (χ4v) is 2.29. The maximum atomic E-state index is 11.9. The van der Waals surface area contributed by atoms with Crippen LogP contribution in [0.4, 0.5) is 5.69 Å². The van der Waals surface area contributed by atoms with E-state index in [1.54, 1.807) is 37.3 Å². The second kappa shape index (κ2) is 4.73. The van der Waals surface area contributed by atoms with E-state index in [-0.39, 0.29) is 11.7 Å². The van der Waals surface area contributed by atoms with Gasteiger partial charge in [-0.2, -0.15) is 0 Å². The molecule has 0 bridgehead atoms. The SMILES string of the molecule is Cc1cc(C(=O)Nc2ccc(C3(C(=O)O)CC3)cc2)on1. The van der Waals surface area contributed by atoms with E-state index in [1.807, 2.05) is 0 Å². The number of hydrogen-bond donors (Lipinski definition) is 2. The lowest BCUT2D eigenvalue weighted by molar-refractivity contribution is -0.140. The third-order valence-corrected chi connectivity index (χ3v) is 3.71. The van der Waals surface area contributed by atoms with Gasteiger partial charge in [0.15, 0.2) is 0 Å². The zero-order chi connectivity index (χ0) is 15.0. The van der Waals surface area contributed by atoms with Crippen LogP contribution in [-0.2, 0) is 10.2 Å². The van der Waals surface area contributed by atoms with Crippen LogP contribution in [0, 0.1) is 6.92 Å². The van der Waals surface area contributed by atoms with Crippen LogP contribution in [0.2, 0.25) is 0 Å². The first kappa shape index (κ1) is 13.4. The zero-order valence-electron chi connectivity index (χ0n) is 11.4. The van der Waals surface area contributed by atoms with Crippen LogP contribution in [-0.4, -0.2) is 22.1 Å². The summed E-state index contributed by atoms with van der Waals surface area (Å²) in [7, 11) is 0. The first-order valence-electron chi connectivity index (χ1n) is 6.60. The Balaban J connectivity index is 1.73.